The summed E-state index contributed by atoms with van der Waals surface area (Å²) in [6.45, 7) is 2.27. The van der Waals surface area contributed by atoms with Crippen LogP contribution < -0.4 is 15.5 Å². The van der Waals surface area contributed by atoms with E-state index in [0.29, 0.717) is 30.0 Å². The van der Waals surface area contributed by atoms with E-state index in [0.717, 1.165) is 17.0 Å². The highest BCUT2D eigenvalue weighted by atomic mass is 16.5. The van der Waals surface area contributed by atoms with E-state index in [1.807, 2.05) is 24.3 Å². The lowest BCUT2D eigenvalue weighted by atomic mass is 10.2. The molecule has 140 valence electrons. The normalized spacial score (nSPS) is 10.9. The third kappa shape index (κ3) is 4.72. The van der Waals surface area contributed by atoms with Crippen molar-refractivity contribution in [3.8, 4) is 5.75 Å². The summed E-state index contributed by atoms with van der Waals surface area (Å²) in [5, 5.41) is 13.9. The van der Waals surface area contributed by atoms with E-state index in [1.165, 1.54) is 0 Å². The van der Waals surface area contributed by atoms with Gasteiger partial charge in [-0.3, -0.25) is 15.3 Å². The highest BCUT2D eigenvalue weighted by Crippen LogP contribution is 2.16. The van der Waals surface area contributed by atoms with E-state index in [9.17, 15) is 4.79 Å². The molecule has 0 unspecified atom stereocenters. The van der Waals surface area contributed by atoms with E-state index < -0.39 is 0 Å². The van der Waals surface area contributed by atoms with Gasteiger partial charge in [0.25, 0.3) is 5.91 Å². The van der Waals surface area contributed by atoms with Crippen molar-refractivity contribution >= 4 is 17.9 Å². The predicted molar refractivity (Wildman–Crippen MR) is 102 cm³/mol. The molecule has 2 aromatic heterocycles. The van der Waals surface area contributed by atoms with Gasteiger partial charge in [0.2, 0.25) is 0 Å². The zero-order valence-electron chi connectivity index (χ0n) is 15.1. The van der Waals surface area contributed by atoms with Crippen LogP contribution in [0.2, 0.25) is 0 Å². The summed E-state index contributed by atoms with van der Waals surface area (Å²) in [5.41, 5.74) is 5.76. The number of H-pyrrole nitrogens is 2. The summed E-state index contributed by atoms with van der Waals surface area (Å²) in [7, 11) is 1.62. The van der Waals surface area contributed by atoms with Crippen LogP contribution >= 0.6 is 0 Å². The number of anilines is 1. The second-order valence-corrected chi connectivity index (χ2v) is 5.80. The molecular weight excluding hydrogens is 346 g/mol. The van der Waals surface area contributed by atoms with Crippen LogP contribution in [0, 0.1) is 6.92 Å². The number of hydrogen-bond acceptors (Lipinski definition) is 6. The molecule has 4 N–H and O–H groups in total. The number of ether oxygens (including phenoxy) is 1. The first-order valence-corrected chi connectivity index (χ1v) is 8.41. The van der Waals surface area contributed by atoms with Gasteiger partial charge in [-0.05, 0) is 36.8 Å². The van der Waals surface area contributed by atoms with Gasteiger partial charge in [-0.2, -0.15) is 10.2 Å². The zero-order chi connectivity index (χ0) is 19.1. The molecule has 3 aromatic rings. The van der Waals surface area contributed by atoms with Crippen LogP contribution in [0.25, 0.3) is 0 Å². The van der Waals surface area contributed by atoms with E-state index in [1.54, 1.807) is 32.8 Å². The van der Waals surface area contributed by atoms with E-state index in [2.05, 4.69) is 36.0 Å². The van der Waals surface area contributed by atoms with E-state index in [-0.39, 0.29) is 5.91 Å². The molecule has 0 atom stereocenters. The molecule has 0 aliphatic carbocycles. The van der Waals surface area contributed by atoms with Crippen molar-refractivity contribution in [2.75, 3.05) is 19.1 Å². The quantitative estimate of drug-likeness (QED) is 0.358. The second kappa shape index (κ2) is 8.65. The van der Waals surface area contributed by atoms with Crippen LogP contribution in [0.15, 0.2) is 41.9 Å². The largest absolute Gasteiger partial charge is 0.497 e. The number of methoxy groups -OCH3 is 1. The van der Waals surface area contributed by atoms with Gasteiger partial charge in [0.1, 0.15) is 11.3 Å². The number of hydrogen-bond donors (Lipinski definition) is 4. The zero-order valence-corrected chi connectivity index (χ0v) is 15.1. The van der Waals surface area contributed by atoms with Crippen LogP contribution in [0.5, 0.6) is 5.75 Å². The number of aromatic amines is 2. The number of aromatic nitrogens is 4. The van der Waals surface area contributed by atoms with Crippen LogP contribution in [0.1, 0.15) is 27.3 Å². The lowest BCUT2D eigenvalue weighted by molar-refractivity contribution is 0.0954. The highest BCUT2D eigenvalue weighted by molar-refractivity contribution is 6.00. The Kier molecular flexibility index (Phi) is 5.83. The summed E-state index contributed by atoms with van der Waals surface area (Å²) < 4.78 is 5.12. The number of nitrogens with zero attached hydrogens (tertiary/aromatic N) is 3. The average molecular weight is 367 g/mol. The molecule has 0 aliphatic heterocycles. The Morgan fingerprint density at radius 3 is 2.85 bits per heavy atom. The van der Waals surface area contributed by atoms with Crippen LogP contribution in [-0.2, 0) is 6.42 Å². The van der Waals surface area contributed by atoms with Gasteiger partial charge >= 0.3 is 0 Å². The van der Waals surface area contributed by atoms with Gasteiger partial charge in [0, 0.05) is 30.6 Å². The van der Waals surface area contributed by atoms with Gasteiger partial charge in [-0.25, -0.2) is 4.98 Å². The maximum absolute atomic E-state index is 12.5. The molecule has 0 saturated carbocycles. The van der Waals surface area contributed by atoms with Gasteiger partial charge < -0.3 is 15.0 Å². The van der Waals surface area contributed by atoms with Crippen molar-refractivity contribution in [2.45, 2.75) is 13.3 Å². The fourth-order valence-corrected chi connectivity index (χ4v) is 2.47. The number of carbonyl (C=O) groups excluding carboxylic acids is 1. The molecule has 3 rings (SSSR count). The number of amides is 1. The third-order valence-corrected chi connectivity index (χ3v) is 3.91. The fraction of sp³-hybridized carbons (Fsp3) is 0.222. The molecule has 9 heteroatoms. The molecule has 0 aliphatic rings. The minimum Gasteiger partial charge on any atom is -0.497 e. The Labute approximate surface area is 156 Å². The summed E-state index contributed by atoms with van der Waals surface area (Å²) in [5.74, 6) is 0.927. The van der Waals surface area contributed by atoms with Crippen LogP contribution in [0.3, 0.4) is 0 Å². The summed E-state index contributed by atoms with van der Waals surface area (Å²) in [6.07, 6.45) is 5.65. The Balaban J connectivity index is 1.59. The first kappa shape index (κ1) is 18.2. The molecule has 27 heavy (non-hydrogen) atoms. The Morgan fingerprint density at radius 2 is 2.15 bits per heavy atom. The Bertz CT molecular complexity index is 898. The lowest BCUT2D eigenvalue weighted by Crippen LogP contribution is -2.26. The Morgan fingerprint density at radius 1 is 1.33 bits per heavy atom. The molecular formula is C18H21N7O2. The highest BCUT2D eigenvalue weighted by Gasteiger charge is 2.17. The Hall–Kier alpha value is -3.62. The van der Waals surface area contributed by atoms with Gasteiger partial charge in [-0.1, -0.05) is 0 Å². The molecule has 0 radical (unpaired) electrons. The minimum atomic E-state index is -0.220. The van der Waals surface area contributed by atoms with Crippen molar-refractivity contribution in [1.82, 2.24) is 25.5 Å². The number of carbonyl (C=O) groups is 1. The van der Waals surface area contributed by atoms with E-state index in [4.69, 9.17) is 4.74 Å². The standard InChI is InChI=1S/C18H21N7O2/c1-12-16(18(26)20-8-7-14-10-19-11-21-14)17(25-23-12)24-22-9-13-3-5-15(27-2)6-4-13/h3-6,9-11H,7-8H2,1-2H3,(H,19,21)(H,20,26)(H2,23,24,25)/b22-9+. The number of benzene rings is 1. The molecule has 1 aromatic carbocycles. The maximum Gasteiger partial charge on any atom is 0.257 e. The van der Waals surface area contributed by atoms with E-state index >= 15 is 0 Å². The van der Waals surface area contributed by atoms with Crippen LogP contribution in [-0.4, -0.2) is 45.9 Å². The number of rotatable bonds is 8. The SMILES string of the molecule is COc1ccc(/C=N/Nc2n[nH]c(C)c2C(=O)NCCc2cnc[nH]2)cc1. The fourth-order valence-electron chi connectivity index (χ4n) is 2.47. The predicted octanol–water partition coefficient (Wildman–Crippen LogP) is 1.87. The molecule has 0 bridgehead atoms. The van der Waals surface area contributed by atoms with Crippen molar-refractivity contribution in [3.63, 3.8) is 0 Å². The summed E-state index contributed by atoms with van der Waals surface area (Å²) >= 11 is 0. The summed E-state index contributed by atoms with van der Waals surface area (Å²) in [4.78, 5) is 19.4. The number of hydrazone groups is 1. The van der Waals surface area contributed by atoms with Gasteiger partial charge in [0.05, 0.1) is 19.7 Å². The molecule has 0 spiro atoms. The second-order valence-electron chi connectivity index (χ2n) is 5.80. The third-order valence-electron chi connectivity index (χ3n) is 3.91. The number of aryl methyl sites for hydroxylation is 1. The smallest absolute Gasteiger partial charge is 0.257 e. The van der Waals surface area contributed by atoms with Crippen LogP contribution in [0.4, 0.5) is 5.82 Å². The summed E-state index contributed by atoms with van der Waals surface area (Å²) in [6, 6.07) is 7.45. The molecule has 9 nitrogen and oxygen atoms in total. The van der Waals surface area contributed by atoms with Gasteiger partial charge in [0.15, 0.2) is 5.82 Å². The number of nitrogens with one attached hydrogen (secondary N) is 4. The molecule has 0 fully saturated rings. The molecule has 1 amide bonds. The number of imidazole rings is 1. The topological polar surface area (TPSA) is 120 Å². The van der Waals surface area contributed by atoms with Crippen molar-refractivity contribution in [3.05, 3.63) is 59.3 Å². The molecule has 2 heterocycles. The maximum atomic E-state index is 12.5. The van der Waals surface area contributed by atoms with Crippen molar-refractivity contribution in [1.29, 1.82) is 0 Å². The monoisotopic (exact) mass is 367 g/mol. The van der Waals surface area contributed by atoms with Crippen molar-refractivity contribution in [2.24, 2.45) is 5.10 Å². The first-order valence-electron chi connectivity index (χ1n) is 8.41. The van der Waals surface area contributed by atoms with Crippen molar-refractivity contribution < 1.29 is 9.53 Å². The average Bonchev–Trinajstić information content (AvgIpc) is 3.32. The lowest BCUT2D eigenvalue weighted by Gasteiger charge is -2.05. The minimum absolute atomic E-state index is 0.220. The first-order chi connectivity index (χ1) is 13.2. The van der Waals surface area contributed by atoms with Gasteiger partial charge in [-0.15, -0.1) is 0 Å². The molecule has 0 saturated heterocycles.